The predicted molar refractivity (Wildman–Crippen MR) is 80.2 cm³/mol. The van der Waals surface area contributed by atoms with E-state index in [1.165, 1.54) is 37.1 Å². The molecule has 1 aromatic carbocycles. The molecule has 18 heavy (non-hydrogen) atoms. The first-order valence-electron chi connectivity index (χ1n) is 6.79. The predicted octanol–water partition coefficient (Wildman–Crippen LogP) is 2.95. The monoisotopic (exact) mass is 309 g/mol. The molecule has 0 amide bonds. The van der Waals surface area contributed by atoms with E-state index in [2.05, 4.69) is 44.3 Å². The normalized spacial score (nSPS) is 27.6. The number of benzene rings is 1. The molecule has 3 nitrogen and oxygen atoms in total. The number of nitrogens with one attached hydrogen (secondary N) is 1. The molecule has 1 saturated carbocycles. The molecule has 1 aliphatic carbocycles. The lowest BCUT2D eigenvalue weighted by molar-refractivity contribution is 0.376. The molecule has 1 heterocycles. The van der Waals surface area contributed by atoms with Gasteiger partial charge in [0.2, 0.25) is 0 Å². The Balaban J connectivity index is 1.82. The third-order valence-electron chi connectivity index (χ3n) is 4.12. The van der Waals surface area contributed by atoms with Crippen molar-refractivity contribution in [2.45, 2.75) is 37.8 Å². The molecule has 0 bridgehead atoms. The minimum Gasteiger partial charge on any atom is -0.382 e. The number of nitrogens with two attached hydrogens (primary N) is 1. The molecule has 0 atom stereocenters. The van der Waals surface area contributed by atoms with Crippen LogP contribution in [0.2, 0.25) is 0 Å². The van der Waals surface area contributed by atoms with Crippen molar-refractivity contribution in [3.05, 3.63) is 22.7 Å². The molecule has 1 aromatic rings. The van der Waals surface area contributed by atoms with Gasteiger partial charge in [-0.1, -0.05) is 15.9 Å². The van der Waals surface area contributed by atoms with Gasteiger partial charge >= 0.3 is 0 Å². The standard InChI is InChI=1S/C14H20BrN3/c15-10-1-6-14-13(9-10)17-7-8-18(14)12-4-2-11(16)3-5-12/h1,6,9,11-12,17H,2-5,7-8,16H2. The van der Waals surface area contributed by atoms with Gasteiger partial charge in [0.25, 0.3) is 0 Å². The maximum Gasteiger partial charge on any atom is 0.0605 e. The van der Waals surface area contributed by atoms with Gasteiger partial charge in [-0.25, -0.2) is 0 Å². The summed E-state index contributed by atoms with van der Waals surface area (Å²) in [5.74, 6) is 0. The average molecular weight is 310 g/mol. The molecule has 2 aliphatic rings. The maximum absolute atomic E-state index is 6.00. The molecule has 0 aromatic heterocycles. The number of hydrogen-bond acceptors (Lipinski definition) is 3. The van der Waals surface area contributed by atoms with Crippen molar-refractivity contribution in [2.24, 2.45) is 5.73 Å². The maximum atomic E-state index is 6.00. The van der Waals surface area contributed by atoms with E-state index in [1.807, 2.05) is 0 Å². The summed E-state index contributed by atoms with van der Waals surface area (Å²) < 4.78 is 1.14. The minimum atomic E-state index is 0.425. The first-order chi connectivity index (χ1) is 8.74. The van der Waals surface area contributed by atoms with Crippen LogP contribution in [0.15, 0.2) is 22.7 Å². The van der Waals surface area contributed by atoms with Gasteiger partial charge in [0.05, 0.1) is 11.4 Å². The number of anilines is 2. The van der Waals surface area contributed by atoms with Crippen molar-refractivity contribution < 1.29 is 0 Å². The smallest absolute Gasteiger partial charge is 0.0605 e. The number of fused-ring (bicyclic) bond motifs is 1. The van der Waals surface area contributed by atoms with Crippen LogP contribution in [0, 0.1) is 0 Å². The van der Waals surface area contributed by atoms with Crippen LogP contribution in [-0.2, 0) is 0 Å². The van der Waals surface area contributed by atoms with Crippen LogP contribution in [0.5, 0.6) is 0 Å². The number of halogens is 1. The first kappa shape index (κ1) is 12.3. The van der Waals surface area contributed by atoms with Crippen molar-refractivity contribution in [1.29, 1.82) is 0 Å². The van der Waals surface area contributed by atoms with Gasteiger partial charge in [-0.2, -0.15) is 0 Å². The topological polar surface area (TPSA) is 41.3 Å². The largest absolute Gasteiger partial charge is 0.382 e. The minimum absolute atomic E-state index is 0.425. The molecular weight excluding hydrogens is 290 g/mol. The molecule has 1 fully saturated rings. The molecule has 0 saturated heterocycles. The van der Waals surface area contributed by atoms with Gasteiger partial charge in [-0.15, -0.1) is 0 Å². The Labute approximate surface area is 117 Å². The highest BCUT2D eigenvalue weighted by molar-refractivity contribution is 9.10. The van der Waals surface area contributed by atoms with Crippen LogP contribution in [0.25, 0.3) is 0 Å². The summed E-state index contributed by atoms with van der Waals surface area (Å²) in [7, 11) is 0. The van der Waals surface area contributed by atoms with Crippen LogP contribution in [-0.4, -0.2) is 25.2 Å². The van der Waals surface area contributed by atoms with Crippen molar-refractivity contribution in [1.82, 2.24) is 0 Å². The Kier molecular flexibility index (Phi) is 3.48. The summed E-state index contributed by atoms with van der Waals surface area (Å²) in [6.07, 6.45) is 4.80. The highest BCUT2D eigenvalue weighted by Crippen LogP contribution is 2.35. The fourth-order valence-electron chi connectivity index (χ4n) is 3.12. The summed E-state index contributed by atoms with van der Waals surface area (Å²) in [6.45, 7) is 2.14. The van der Waals surface area contributed by atoms with E-state index in [0.717, 1.165) is 17.6 Å². The second-order valence-corrected chi connectivity index (χ2v) is 6.27. The molecule has 3 N–H and O–H groups in total. The van der Waals surface area contributed by atoms with Gasteiger partial charge in [0.1, 0.15) is 0 Å². The van der Waals surface area contributed by atoms with Crippen LogP contribution in [0.1, 0.15) is 25.7 Å². The van der Waals surface area contributed by atoms with Gasteiger partial charge in [-0.3, -0.25) is 0 Å². The van der Waals surface area contributed by atoms with E-state index in [1.54, 1.807) is 0 Å². The van der Waals surface area contributed by atoms with E-state index in [-0.39, 0.29) is 0 Å². The first-order valence-corrected chi connectivity index (χ1v) is 7.59. The Morgan fingerprint density at radius 1 is 1.22 bits per heavy atom. The summed E-state index contributed by atoms with van der Waals surface area (Å²) in [5, 5.41) is 3.48. The van der Waals surface area contributed by atoms with E-state index in [0.29, 0.717) is 12.1 Å². The quantitative estimate of drug-likeness (QED) is 0.838. The van der Waals surface area contributed by atoms with Gasteiger partial charge < -0.3 is 16.0 Å². The van der Waals surface area contributed by atoms with Crippen LogP contribution >= 0.6 is 15.9 Å². The van der Waals surface area contributed by atoms with Gasteiger partial charge in [0.15, 0.2) is 0 Å². The Morgan fingerprint density at radius 3 is 2.78 bits per heavy atom. The summed E-state index contributed by atoms with van der Waals surface area (Å²) in [4.78, 5) is 2.57. The van der Waals surface area contributed by atoms with E-state index < -0.39 is 0 Å². The zero-order valence-corrected chi connectivity index (χ0v) is 12.1. The molecule has 98 valence electrons. The second-order valence-electron chi connectivity index (χ2n) is 5.35. The van der Waals surface area contributed by atoms with Crippen LogP contribution in [0.3, 0.4) is 0 Å². The number of nitrogens with zero attached hydrogens (tertiary/aromatic N) is 1. The zero-order valence-electron chi connectivity index (χ0n) is 10.5. The fraction of sp³-hybridized carbons (Fsp3) is 0.571. The molecule has 0 spiro atoms. The van der Waals surface area contributed by atoms with Crippen LogP contribution < -0.4 is 16.0 Å². The molecule has 1 aliphatic heterocycles. The van der Waals surface area contributed by atoms with Crippen molar-refractivity contribution in [3.63, 3.8) is 0 Å². The summed E-state index contributed by atoms with van der Waals surface area (Å²) in [5.41, 5.74) is 8.61. The molecule has 4 heteroatoms. The highest BCUT2D eigenvalue weighted by Gasteiger charge is 2.27. The van der Waals surface area contributed by atoms with Crippen molar-refractivity contribution in [3.8, 4) is 0 Å². The van der Waals surface area contributed by atoms with E-state index in [9.17, 15) is 0 Å². The molecular formula is C14H20BrN3. The highest BCUT2D eigenvalue weighted by atomic mass is 79.9. The Morgan fingerprint density at radius 2 is 2.00 bits per heavy atom. The van der Waals surface area contributed by atoms with E-state index >= 15 is 0 Å². The SMILES string of the molecule is NC1CCC(N2CCNc3cc(Br)ccc32)CC1. The third kappa shape index (κ3) is 2.36. The second kappa shape index (κ2) is 5.10. The lowest BCUT2D eigenvalue weighted by Crippen LogP contribution is -2.45. The van der Waals surface area contributed by atoms with Gasteiger partial charge in [-0.05, 0) is 43.9 Å². The van der Waals surface area contributed by atoms with Crippen molar-refractivity contribution in [2.75, 3.05) is 23.3 Å². The molecule has 3 rings (SSSR count). The zero-order chi connectivity index (χ0) is 12.5. The fourth-order valence-corrected chi connectivity index (χ4v) is 3.49. The van der Waals surface area contributed by atoms with Crippen molar-refractivity contribution >= 4 is 27.3 Å². The lowest BCUT2D eigenvalue weighted by atomic mass is 9.90. The van der Waals surface area contributed by atoms with E-state index in [4.69, 9.17) is 5.73 Å². The third-order valence-corrected chi connectivity index (χ3v) is 4.61. The number of rotatable bonds is 1. The lowest BCUT2D eigenvalue weighted by Gasteiger charge is -2.41. The van der Waals surface area contributed by atoms with Crippen LogP contribution in [0.4, 0.5) is 11.4 Å². The Hall–Kier alpha value is -0.740. The summed E-state index contributed by atoms with van der Waals surface area (Å²) >= 11 is 3.54. The molecule has 0 unspecified atom stereocenters. The average Bonchev–Trinajstić information content (AvgIpc) is 2.38. The molecule has 0 radical (unpaired) electrons. The Bertz CT molecular complexity index is 427. The number of hydrogen-bond donors (Lipinski definition) is 2. The summed E-state index contributed by atoms with van der Waals surface area (Å²) in [6, 6.07) is 7.63. The van der Waals surface area contributed by atoms with Gasteiger partial charge in [0, 0.05) is 29.6 Å².